The Morgan fingerprint density at radius 2 is 1.73 bits per heavy atom. The van der Waals surface area contributed by atoms with Gasteiger partial charge in [-0.3, -0.25) is 9.36 Å². The molecule has 218 valence electrons. The van der Waals surface area contributed by atoms with Crippen LogP contribution in [0.15, 0.2) is 60.3 Å². The van der Waals surface area contributed by atoms with Crippen LogP contribution in [0.5, 0.6) is 17.2 Å². The maximum absolute atomic E-state index is 14.0. The molecule has 1 aliphatic heterocycles. The van der Waals surface area contributed by atoms with Crippen LogP contribution in [0.4, 0.5) is 0 Å². The third-order valence-electron chi connectivity index (χ3n) is 6.06. The predicted molar refractivity (Wildman–Crippen MR) is 167 cm³/mol. The van der Waals surface area contributed by atoms with Crippen LogP contribution in [-0.4, -0.2) is 36.5 Å². The van der Waals surface area contributed by atoms with Crippen LogP contribution in [0, 0.1) is 0 Å². The first-order valence-corrected chi connectivity index (χ1v) is 15.5. The lowest BCUT2D eigenvalue weighted by molar-refractivity contribution is -0.139. The summed E-state index contributed by atoms with van der Waals surface area (Å²) in [7, 11) is 1.55. The summed E-state index contributed by atoms with van der Waals surface area (Å²) in [6.45, 7) is 11.5. The second-order valence-corrected chi connectivity index (χ2v) is 12.6. The molecule has 0 radical (unpaired) electrons. The van der Waals surface area contributed by atoms with E-state index < -0.39 is 12.0 Å². The number of hydrogen-bond acceptors (Lipinski definition) is 8. The Morgan fingerprint density at radius 3 is 2.32 bits per heavy atom. The van der Waals surface area contributed by atoms with Gasteiger partial charge in [-0.2, -0.15) is 0 Å². The van der Waals surface area contributed by atoms with Crippen molar-refractivity contribution in [1.82, 2.24) is 4.57 Å². The van der Waals surface area contributed by atoms with Crippen molar-refractivity contribution >= 4 is 55.2 Å². The van der Waals surface area contributed by atoms with E-state index in [4.69, 9.17) is 18.9 Å². The van der Waals surface area contributed by atoms with Crippen LogP contribution in [0.2, 0.25) is 0 Å². The van der Waals surface area contributed by atoms with E-state index in [9.17, 15) is 9.59 Å². The van der Waals surface area contributed by atoms with Gasteiger partial charge in [0.2, 0.25) is 0 Å². The van der Waals surface area contributed by atoms with Crippen molar-refractivity contribution < 1.29 is 23.7 Å². The predicted octanol–water partition coefficient (Wildman–Crippen LogP) is 5.91. The molecule has 8 nitrogen and oxygen atoms in total. The van der Waals surface area contributed by atoms with E-state index in [1.54, 1.807) is 43.7 Å². The number of benzene rings is 2. The molecule has 4 rings (SSSR count). The summed E-state index contributed by atoms with van der Waals surface area (Å²) in [5.74, 6) is 1.22. The highest BCUT2D eigenvalue weighted by molar-refractivity contribution is 9.11. The Hall–Kier alpha value is -2.89. The van der Waals surface area contributed by atoms with Crippen LogP contribution in [0.1, 0.15) is 58.7 Å². The molecule has 0 unspecified atom stereocenters. The molecule has 2 heterocycles. The summed E-state index contributed by atoms with van der Waals surface area (Å²) in [6.07, 6.45) is 1.74. The number of nitrogens with zero attached hydrogens (tertiary/aromatic N) is 2. The van der Waals surface area contributed by atoms with Gasteiger partial charge in [-0.1, -0.05) is 17.4 Å². The Kier molecular flexibility index (Phi) is 9.81. The number of thiazole rings is 1. The van der Waals surface area contributed by atoms with E-state index >= 15 is 0 Å². The molecule has 0 saturated carbocycles. The second-order valence-electron chi connectivity index (χ2n) is 9.86. The molecule has 11 heteroatoms. The summed E-state index contributed by atoms with van der Waals surface area (Å²) < 4.78 is 26.3. The van der Waals surface area contributed by atoms with Crippen molar-refractivity contribution in [2.45, 2.75) is 59.8 Å². The van der Waals surface area contributed by atoms with Gasteiger partial charge in [0.1, 0.15) is 5.75 Å². The quantitative estimate of drug-likeness (QED) is 0.257. The van der Waals surface area contributed by atoms with Crippen molar-refractivity contribution in [3.05, 3.63) is 81.4 Å². The van der Waals surface area contributed by atoms with Crippen molar-refractivity contribution in [1.29, 1.82) is 0 Å². The largest absolute Gasteiger partial charge is 0.493 e. The monoisotopic (exact) mass is 706 g/mol. The molecule has 0 bridgehead atoms. The molecule has 1 atom stereocenters. The topological polar surface area (TPSA) is 88.4 Å². The van der Waals surface area contributed by atoms with E-state index in [0.717, 1.165) is 14.5 Å². The van der Waals surface area contributed by atoms with E-state index in [0.29, 0.717) is 43.4 Å². The molecule has 0 aliphatic carbocycles. The highest BCUT2D eigenvalue weighted by Crippen LogP contribution is 2.37. The Labute approximate surface area is 259 Å². The van der Waals surface area contributed by atoms with Gasteiger partial charge in [0, 0.05) is 0 Å². The van der Waals surface area contributed by atoms with Gasteiger partial charge in [0.05, 0.1) is 56.7 Å². The van der Waals surface area contributed by atoms with E-state index in [1.807, 2.05) is 45.9 Å². The van der Waals surface area contributed by atoms with Gasteiger partial charge in [-0.15, -0.1) is 0 Å². The average molecular weight is 708 g/mol. The van der Waals surface area contributed by atoms with Crippen molar-refractivity contribution in [3.63, 3.8) is 0 Å². The maximum Gasteiger partial charge on any atom is 0.338 e. The Balaban J connectivity index is 1.91. The summed E-state index contributed by atoms with van der Waals surface area (Å²) >= 11 is 8.42. The zero-order valence-electron chi connectivity index (χ0n) is 23.9. The molecule has 0 fully saturated rings. The Morgan fingerprint density at radius 1 is 1.07 bits per heavy atom. The van der Waals surface area contributed by atoms with Gasteiger partial charge < -0.3 is 18.9 Å². The third-order valence-corrected chi connectivity index (χ3v) is 8.22. The van der Waals surface area contributed by atoms with Gasteiger partial charge in [-0.25, -0.2) is 9.79 Å². The number of aromatic nitrogens is 1. The zero-order chi connectivity index (χ0) is 30.0. The van der Waals surface area contributed by atoms with E-state index in [1.165, 1.54) is 11.3 Å². The fourth-order valence-corrected chi connectivity index (χ4v) is 6.93. The third kappa shape index (κ3) is 6.62. The minimum atomic E-state index is -0.769. The molecule has 0 saturated heterocycles. The summed E-state index contributed by atoms with van der Waals surface area (Å²) in [6, 6.07) is 8.44. The van der Waals surface area contributed by atoms with Crippen LogP contribution < -0.4 is 29.1 Å². The normalized spacial score (nSPS) is 15.2. The minimum absolute atomic E-state index is 0.00130. The number of allylic oxidation sites excluding steroid dienone is 1. The van der Waals surface area contributed by atoms with Gasteiger partial charge in [-0.05, 0) is 115 Å². The number of esters is 1. The highest BCUT2D eigenvalue weighted by atomic mass is 79.9. The number of halogens is 2. The zero-order valence-corrected chi connectivity index (χ0v) is 27.9. The smallest absolute Gasteiger partial charge is 0.338 e. The molecule has 0 N–H and O–H groups in total. The van der Waals surface area contributed by atoms with Gasteiger partial charge in [0.15, 0.2) is 16.3 Å². The van der Waals surface area contributed by atoms with Crippen molar-refractivity contribution in [2.75, 3.05) is 13.7 Å². The maximum atomic E-state index is 14.0. The first-order chi connectivity index (χ1) is 19.4. The number of carbonyl (C=O) groups excluding carboxylic acids is 1. The van der Waals surface area contributed by atoms with Crippen molar-refractivity contribution in [3.8, 4) is 17.2 Å². The van der Waals surface area contributed by atoms with Crippen LogP contribution >= 0.6 is 43.2 Å². The second kappa shape index (κ2) is 13.0. The highest BCUT2D eigenvalue weighted by Gasteiger charge is 2.34. The minimum Gasteiger partial charge on any atom is -0.493 e. The molecule has 0 amide bonds. The van der Waals surface area contributed by atoms with Crippen molar-refractivity contribution in [2.24, 2.45) is 4.99 Å². The standard InChI is InChI=1S/C30H32Br2N2O6S/c1-8-38-29(36)25-17(6)33-30-34(26(25)19-9-10-22(39-15(2)3)23(14-19)37-7)28(35)24(41-30)13-18-11-20(31)27(21(32)12-18)40-16(4)5/h9-16,26H,8H2,1-7H3/b24-13+/t26-/m1/s1. The molecular weight excluding hydrogens is 676 g/mol. The molecular formula is C30H32Br2N2O6S. The number of fused-ring (bicyclic) bond motifs is 1. The van der Waals surface area contributed by atoms with Crippen LogP contribution in [-0.2, 0) is 9.53 Å². The molecule has 0 spiro atoms. The first kappa shape index (κ1) is 31.1. The lowest BCUT2D eigenvalue weighted by Crippen LogP contribution is -2.40. The molecule has 2 aromatic carbocycles. The molecule has 1 aromatic heterocycles. The summed E-state index contributed by atoms with van der Waals surface area (Å²) in [5.41, 5.74) is 1.97. The molecule has 3 aromatic rings. The van der Waals surface area contributed by atoms with Crippen LogP contribution in [0.25, 0.3) is 6.08 Å². The fourth-order valence-electron chi connectivity index (χ4n) is 4.47. The molecule has 1 aliphatic rings. The van der Waals surface area contributed by atoms with Gasteiger partial charge >= 0.3 is 5.97 Å². The summed E-state index contributed by atoms with van der Waals surface area (Å²) in [4.78, 5) is 32.3. The summed E-state index contributed by atoms with van der Waals surface area (Å²) in [5, 5.41) is 0. The number of methoxy groups -OCH3 is 1. The number of carbonyl (C=O) groups is 1. The van der Waals surface area contributed by atoms with Crippen LogP contribution in [0.3, 0.4) is 0 Å². The lowest BCUT2D eigenvalue weighted by Gasteiger charge is -2.25. The van der Waals surface area contributed by atoms with Gasteiger partial charge in [0.25, 0.3) is 5.56 Å². The average Bonchev–Trinajstić information content (AvgIpc) is 3.19. The number of ether oxygens (including phenoxy) is 4. The fraction of sp³-hybridized carbons (Fsp3) is 0.367. The number of hydrogen-bond donors (Lipinski definition) is 0. The first-order valence-electron chi connectivity index (χ1n) is 13.1. The van der Waals surface area contributed by atoms with E-state index in [-0.39, 0.29) is 24.4 Å². The SMILES string of the molecule is CCOC(=O)C1=C(C)N=c2s/c(=C/c3cc(Br)c(OC(C)C)c(Br)c3)c(=O)n2[C@@H]1c1ccc(OC(C)C)c(OC)c1. The molecule has 41 heavy (non-hydrogen) atoms. The number of rotatable bonds is 9. The van der Waals surface area contributed by atoms with E-state index in [2.05, 4.69) is 36.9 Å². The Bertz CT molecular complexity index is 1670. The lowest BCUT2D eigenvalue weighted by atomic mass is 9.95.